The molecule has 2 amide bonds. The fourth-order valence-corrected chi connectivity index (χ4v) is 2.94. The van der Waals surface area contributed by atoms with E-state index >= 15 is 0 Å². The molecule has 0 unspecified atom stereocenters. The topological polar surface area (TPSA) is 85.3 Å². The molecule has 0 bridgehead atoms. The highest BCUT2D eigenvalue weighted by atomic mass is 16.5. The number of carbonyl (C=O) groups is 2. The highest BCUT2D eigenvalue weighted by Gasteiger charge is 2.20. The van der Waals surface area contributed by atoms with Crippen molar-refractivity contribution in [3.05, 3.63) is 54.4 Å². The van der Waals surface area contributed by atoms with Crippen molar-refractivity contribution < 1.29 is 14.3 Å². The Morgan fingerprint density at radius 2 is 1.92 bits per heavy atom. The predicted octanol–water partition coefficient (Wildman–Crippen LogP) is 2.92. The van der Waals surface area contributed by atoms with Crippen LogP contribution in [0.25, 0.3) is 0 Å². The standard InChI is InChI=1S/C19H22N4O3/c1-3-18(24)21-15-6-4-14(5-7-15)19(25)22-17-12-20-23(13(17)2)16-8-10-26-11-9-16/h3-7,12,16H,1,8-11H2,2H3,(H,21,24)(H,22,25). The number of ether oxygens (including phenoxy) is 1. The summed E-state index contributed by atoms with van der Waals surface area (Å²) in [7, 11) is 0. The van der Waals surface area contributed by atoms with Gasteiger partial charge in [0, 0.05) is 24.5 Å². The number of hydrogen-bond donors (Lipinski definition) is 2. The van der Waals surface area contributed by atoms with E-state index in [1.165, 1.54) is 6.08 Å². The molecule has 1 saturated heterocycles. The summed E-state index contributed by atoms with van der Waals surface area (Å²) in [5.41, 5.74) is 2.74. The van der Waals surface area contributed by atoms with Crippen molar-refractivity contribution in [3.8, 4) is 0 Å². The quantitative estimate of drug-likeness (QED) is 0.809. The third-order valence-corrected chi connectivity index (χ3v) is 4.43. The van der Waals surface area contributed by atoms with E-state index in [-0.39, 0.29) is 11.8 Å². The van der Waals surface area contributed by atoms with E-state index in [0.29, 0.717) is 23.0 Å². The summed E-state index contributed by atoms with van der Waals surface area (Å²) in [5.74, 6) is -0.514. The molecule has 0 atom stereocenters. The van der Waals surface area contributed by atoms with Crippen LogP contribution in [-0.4, -0.2) is 34.8 Å². The third-order valence-electron chi connectivity index (χ3n) is 4.43. The van der Waals surface area contributed by atoms with Gasteiger partial charge in [-0.1, -0.05) is 6.58 Å². The van der Waals surface area contributed by atoms with Crippen LogP contribution in [0.3, 0.4) is 0 Å². The number of nitrogens with one attached hydrogen (secondary N) is 2. The Kier molecular flexibility index (Phi) is 5.48. The van der Waals surface area contributed by atoms with Crippen LogP contribution in [0.1, 0.15) is 34.9 Å². The zero-order valence-electron chi connectivity index (χ0n) is 14.7. The zero-order chi connectivity index (χ0) is 18.5. The monoisotopic (exact) mass is 354 g/mol. The van der Waals surface area contributed by atoms with Crippen molar-refractivity contribution in [1.29, 1.82) is 0 Å². The Bertz CT molecular complexity index is 805. The van der Waals surface area contributed by atoms with Gasteiger partial charge in [-0.05, 0) is 50.1 Å². The van der Waals surface area contributed by atoms with Crippen molar-refractivity contribution in [2.24, 2.45) is 0 Å². The molecule has 1 aromatic heterocycles. The van der Waals surface area contributed by atoms with Crippen LogP contribution >= 0.6 is 0 Å². The van der Waals surface area contributed by atoms with E-state index in [1.807, 2.05) is 11.6 Å². The molecular weight excluding hydrogens is 332 g/mol. The Morgan fingerprint density at radius 1 is 1.23 bits per heavy atom. The number of hydrogen-bond acceptors (Lipinski definition) is 4. The molecule has 7 nitrogen and oxygen atoms in total. The predicted molar refractivity (Wildman–Crippen MR) is 99.3 cm³/mol. The molecule has 2 N–H and O–H groups in total. The molecule has 1 fully saturated rings. The fourth-order valence-electron chi connectivity index (χ4n) is 2.94. The van der Waals surface area contributed by atoms with Crippen LogP contribution in [0.5, 0.6) is 0 Å². The summed E-state index contributed by atoms with van der Waals surface area (Å²) in [6, 6.07) is 6.98. The highest BCUT2D eigenvalue weighted by Crippen LogP contribution is 2.25. The molecule has 1 aliphatic heterocycles. The number of benzene rings is 1. The summed E-state index contributed by atoms with van der Waals surface area (Å²) in [4.78, 5) is 23.8. The van der Waals surface area contributed by atoms with Crippen LogP contribution < -0.4 is 10.6 Å². The minimum absolute atomic E-state index is 0.221. The van der Waals surface area contributed by atoms with Crippen molar-refractivity contribution in [2.75, 3.05) is 23.8 Å². The molecule has 7 heteroatoms. The van der Waals surface area contributed by atoms with E-state index in [1.54, 1.807) is 30.5 Å². The first kappa shape index (κ1) is 17.9. The van der Waals surface area contributed by atoms with Crippen molar-refractivity contribution in [1.82, 2.24) is 9.78 Å². The van der Waals surface area contributed by atoms with Gasteiger partial charge in [-0.2, -0.15) is 5.10 Å². The van der Waals surface area contributed by atoms with E-state index in [0.717, 1.165) is 31.7 Å². The Morgan fingerprint density at radius 3 is 2.58 bits per heavy atom. The maximum atomic E-state index is 12.5. The molecular formula is C19H22N4O3. The maximum Gasteiger partial charge on any atom is 0.255 e. The van der Waals surface area contributed by atoms with Crippen LogP contribution in [0.15, 0.2) is 43.1 Å². The lowest BCUT2D eigenvalue weighted by molar-refractivity contribution is -0.111. The second-order valence-corrected chi connectivity index (χ2v) is 6.16. The second-order valence-electron chi connectivity index (χ2n) is 6.16. The molecule has 0 aliphatic carbocycles. The molecule has 0 radical (unpaired) electrons. The molecule has 0 saturated carbocycles. The smallest absolute Gasteiger partial charge is 0.255 e. The summed E-state index contributed by atoms with van der Waals surface area (Å²) in [6.07, 6.45) is 4.72. The average Bonchev–Trinajstić information content (AvgIpc) is 3.03. The van der Waals surface area contributed by atoms with Gasteiger partial charge in [0.2, 0.25) is 5.91 Å². The maximum absolute atomic E-state index is 12.5. The van der Waals surface area contributed by atoms with E-state index in [4.69, 9.17) is 4.74 Å². The Labute approximate surface area is 152 Å². The zero-order valence-corrected chi connectivity index (χ0v) is 14.7. The van der Waals surface area contributed by atoms with Gasteiger partial charge in [-0.25, -0.2) is 0 Å². The third kappa shape index (κ3) is 4.00. The van der Waals surface area contributed by atoms with Gasteiger partial charge in [0.15, 0.2) is 0 Å². The number of amides is 2. The largest absolute Gasteiger partial charge is 0.381 e. The van der Waals surface area contributed by atoms with Gasteiger partial charge in [-0.15, -0.1) is 0 Å². The minimum atomic E-state index is -0.293. The number of aromatic nitrogens is 2. The SMILES string of the molecule is C=CC(=O)Nc1ccc(C(=O)Nc2cnn(C3CCOCC3)c2C)cc1. The van der Waals surface area contributed by atoms with Crippen LogP contribution in [-0.2, 0) is 9.53 Å². The fraction of sp³-hybridized carbons (Fsp3) is 0.316. The summed E-state index contributed by atoms with van der Waals surface area (Å²) >= 11 is 0. The van der Waals surface area contributed by atoms with Crippen molar-refractivity contribution >= 4 is 23.2 Å². The summed E-state index contributed by atoms with van der Waals surface area (Å²) in [5, 5.41) is 9.98. The molecule has 136 valence electrons. The first-order valence-electron chi connectivity index (χ1n) is 8.55. The number of rotatable bonds is 5. The first-order chi connectivity index (χ1) is 12.6. The second kappa shape index (κ2) is 7.97. The summed E-state index contributed by atoms with van der Waals surface area (Å²) < 4.78 is 7.35. The van der Waals surface area contributed by atoms with Gasteiger partial charge in [0.25, 0.3) is 5.91 Å². The van der Waals surface area contributed by atoms with Crippen LogP contribution in [0.4, 0.5) is 11.4 Å². The van der Waals surface area contributed by atoms with Crippen molar-refractivity contribution in [2.45, 2.75) is 25.8 Å². The van der Waals surface area contributed by atoms with Gasteiger partial charge in [0.1, 0.15) is 0 Å². The molecule has 26 heavy (non-hydrogen) atoms. The van der Waals surface area contributed by atoms with E-state index < -0.39 is 0 Å². The molecule has 1 aliphatic rings. The Hall–Kier alpha value is -2.93. The minimum Gasteiger partial charge on any atom is -0.381 e. The van der Waals surface area contributed by atoms with E-state index in [9.17, 15) is 9.59 Å². The van der Waals surface area contributed by atoms with E-state index in [2.05, 4.69) is 22.3 Å². The summed E-state index contributed by atoms with van der Waals surface area (Å²) in [6.45, 7) is 6.83. The molecule has 2 aromatic rings. The Balaban J connectivity index is 1.67. The normalized spacial score (nSPS) is 14.7. The van der Waals surface area contributed by atoms with Gasteiger partial charge in [-0.3, -0.25) is 14.3 Å². The number of anilines is 2. The molecule has 0 spiro atoms. The molecule has 1 aromatic carbocycles. The molecule has 2 heterocycles. The van der Waals surface area contributed by atoms with Crippen LogP contribution in [0, 0.1) is 6.92 Å². The average molecular weight is 354 g/mol. The number of carbonyl (C=O) groups excluding carboxylic acids is 2. The van der Waals surface area contributed by atoms with Gasteiger partial charge < -0.3 is 15.4 Å². The first-order valence-corrected chi connectivity index (χ1v) is 8.55. The van der Waals surface area contributed by atoms with Crippen LogP contribution in [0.2, 0.25) is 0 Å². The lowest BCUT2D eigenvalue weighted by Gasteiger charge is -2.23. The highest BCUT2D eigenvalue weighted by molar-refractivity contribution is 6.05. The molecule has 3 rings (SSSR count). The van der Waals surface area contributed by atoms with Gasteiger partial charge >= 0.3 is 0 Å². The lowest BCUT2D eigenvalue weighted by atomic mass is 10.1. The van der Waals surface area contributed by atoms with Gasteiger partial charge in [0.05, 0.1) is 23.6 Å². The lowest BCUT2D eigenvalue weighted by Crippen LogP contribution is -2.21. The number of nitrogens with zero attached hydrogens (tertiary/aromatic N) is 2. The van der Waals surface area contributed by atoms with Crippen molar-refractivity contribution in [3.63, 3.8) is 0 Å².